The number of benzene rings is 2. The van der Waals surface area contributed by atoms with Gasteiger partial charge < -0.3 is 14.8 Å². The summed E-state index contributed by atoms with van der Waals surface area (Å²) in [5, 5.41) is 2.77. The molecule has 0 aliphatic carbocycles. The monoisotopic (exact) mass is 416 g/mol. The molecule has 8 heteroatoms. The van der Waals surface area contributed by atoms with Gasteiger partial charge in [-0.1, -0.05) is 18.7 Å². The van der Waals surface area contributed by atoms with Crippen molar-refractivity contribution in [2.45, 2.75) is 17.7 Å². The molecule has 1 N–H and O–H groups in total. The molecule has 0 spiro atoms. The van der Waals surface area contributed by atoms with Crippen LogP contribution in [-0.4, -0.2) is 45.4 Å². The van der Waals surface area contributed by atoms with Gasteiger partial charge in [0.2, 0.25) is 10.0 Å². The van der Waals surface area contributed by atoms with Crippen LogP contribution in [0, 0.1) is 0 Å². The molecule has 1 amide bonds. The lowest BCUT2D eigenvalue weighted by atomic mass is 10.2. The number of ether oxygens (including phenoxy) is 2. The number of nitrogens with one attached hydrogen (secondary N) is 1. The van der Waals surface area contributed by atoms with Crippen molar-refractivity contribution < 1.29 is 22.7 Å². The van der Waals surface area contributed by atoms with Crippen molar-refractivity contribution in [3.8, 4) is 11.5 Å². The molecule has 2 aromatic rings. The second kappa shape index (κ2) is 9.11. The van der Waals surface area contributed by atoms with Gasteiger partial charge in [-0.3, -0.25) is 4.79 Å². The molecule has 0 bridgehead atoms. The summed E-state index contributed by atoms with van der Waals surface area (Å²) in [6.45, 7) is 4.90. The predicted octanol–water partition coefficient (Wildman–Crippen LogP) is 3.30. The SMILES string of the molecule is C=CCOc1cccc(NC(=O)c2ccc(OC)c(S(=O)(=O)N3CCCC3)c2)c1. The first-order valence-electron chi connectivity index (χ1n) is 9.29. The molecule has 29 heavy (non-hydrogen) atoms. The van der Waals surface area contributed by atoms with Crippen molar-refractivity contribution in [3.63, 3.8) is 0 Å². The number of methoxy groups -OCH3 is 1. The van der Waals surface area contributed by atoms with Crippen LogP contribution in [0.25, 0.3) is 0 Å². The summed E-state index contributed by atoms with van der Waals surface area (Å²) in [5.74, 6) is 0.384. The van der Waals surface area contributed by atoms with E-state index in [0.29, 0.717) is 31.1 Å². The summed E-state index contributed by atoms with van der Waals surface area (Å²) in [6.07, 6.45) is 3.28. The van der Waals surface area contributed by atoms with Crippen LogP contribution in [0.4, 0.5) is 5.69 Å². The van der Waals surface area contributed by atoms with Gasteiger partial charge in [0.05, 0.1) is 7.11 Å². The fourth-order valence-corrected chi connectivity index (χ4v) is 4.81. The van der Waals surface area contributed by atoms with Gasteiger partial charge in [0, 0.05) is 30.4 Å². The van der Waals surface area contributed by atoms with Crippen molar-refractivity contribution in [2.24, 2.45) is 0 Å². The minimum Gasteiger partial charge on any atom is -0.495 e. The lowest BCUT2D eigenvalue weighted by Crippen LogP contribution is -2.28. The lowest BCUT2D eigenvalue weighted by Gasteiger charge is -2.18. The maximum atomic E-state index is 13.0. The number of carbonyl (C=O) groups excluding carboxylic acids is 1. The molecule has 3 rings (SSSR count). The number of anilines is 1. The Bertz CT molecular complexity index is 998. The second-order valence-electron chi connectivity index (χ2n) is 6.56. The molecule has 0 unspecified atom stereocenters. The predicted molar refractivity (Wildman–Crippen MR) is 111 cm³/mol. The van der Waals surface area contributed by atoms with Gasteiger partial charge >= 0.3 is 0 Å². The highest BCUT2D eigenvalue weighted by Gasteiger charge is 2.30. The van der Waals surface area contributed by atoms with Crippen molar-refractivity contribution in [1.82, 2.24) is 4.31 Å². The second-order valence-corrected chi connectivity index (χ2v) is 8.46. The maximum Gasteiger partial charge on any atom is 0.255 e. The van der Waals surface area contributed by atoms with Gasteiger partial charge in [0.15, 0.2) is 0 Å². The molecular formula is C21H24N2O5S. The van der Waals surface area contributed by atoms with Crippen LogP contribution < -0.4 is 14.8 Å². The van der Waals surface area contributed by atoms with Gasteiger partial charge in [-0.15, -0.1) is 0 Å². The first kappa shape index (κ1) is 20.9. The molecule has 1 saturated heterocycles. The quantitative estimate of drug-likeness (QED) is 0.668. The number of nitrogens with zero attached hydrogens (tertiary/aromatic N) is 1. The highest BCUT2D eigenvalue weighted by molar-refractivity contribution is 7.89. The summed E-state index contributed by atoms with van der Waals surface area (Å²) in [7, 11) is -2.32. The third kappa shape index (κ3) is 4.78. The molecule has 1 heterocycles. The highest BCUT2D eigenvalue weighted by Crippen LogP contribution is 2.30. The van der Waals surface area contributed by atoms with Crippen LogP contribution in [-0.2, 0) is 10.0 Å². The smallest absolute Gasteiger partial charge is 0.255 e. The van der Waals surface area contributed by atoms with Crippen LogP contribution in [0.1, 0.15) is 23.2 Å². The lowest BCUT2D eigenvalue weighted by molar-refractivity contribution is 0.102. The van der Waals surface area contributed by atoms with Crippen LogP contribution in [0.3, 0.4) is 0 Å². The zero-order valence-corrected chi connectivity index (χ0v) is 17.1. The van der Waals surface area contributed by atoms with Gasteiger partial charge in [-0.25, -0.2) is 8.42 Å². The highest BCUT2D eigenvalue weighted by atomic mass is 32.2. The molecule has 1 aliphatic rings. The minimum atomic E-state index is -3.73. The summed E-state index contributed by atoms with van der Waals surface area (Å²) in [4.78, 5) is 12.7. The summed E-state index contributed by atoms with van der Waals surface area (Å²) >= 11 is 0. The topological polar surface area (TPSA) is 84.9 Å². The van der Waals surface area contributed by atoms with Gasteiger partial charge in [-0.2, -0.15) is 4.31 Å². The van der Waals surface area contributed by atoms with E-state index in [-0.39, 0.29) is 16.2 Å². The van der Waals surface area contributed by atoms with Gasteiger partial charge in [0.25, 0.3) is 5.91 Å². The maximum absolute atomic E-state index is 13.0. The number of amides is 1. The van der Waals surface area contributed by atoms with E-state index in [1.807, 2.05) is 0 Å². The Kier molecular flexibility index (Phi) is 6.56. The fourth-order valence-electron chi connectivity index (χ4n) is 3.11. The van der Waals surface area contributed by atoms with Gasteiger partial charge in [0.1, 0.15) is 23.0 Å². The van der Waals surface area contributed by atoms with Crippen LogP contribution in [0.2, 0.25) is 0 Å². The Balaban J connectivity index is 1.85. The third-order valence-corrected chi connectivity index (χ3v) is 6.49. The third-order valence-electron chi connectivity index (χ3n) is 4.57. The molecule has 1 fully saturated rings. The number of sulfonamides is 1. The first-order chi connectivity index (χ1) is 14.0. The van der Waals surface area contributed by atoms with E-state index in [9.17, 15) is 13.2 Å². The molecule has 0 saturated carbocycles. The minimum absolute atomic E-state index is 0.00221. The van der Waals surface area contributed by atoms with Crippen LogP contribution in [0.5, 0.6) is 11.5 Å². The Morgan fingerprint density at radius 2 is 1.97 bits per heavy atom. The van der Waals surface area contributed by atoms with E-state index in [2.05, 4.69) is 11.9 Å². The summed E-state index contributed by atoms with van der Waals surface area (Å²) < 4.78 is 38.1. The van der Waals surface area contributed by atoms with E-state index in [1.54, 1.807) is 30.3 Å². The van der Waals surface area contributed by atoms with Crippen molar-refractivity contribution >= 4 is 21.6 Å². The molecule has 0 aromatic heterocycles. The van der Waals surface area contributed by atoms with E-state index in [4.69, 9.17) is 9.47 Å². The molecule has 154 valence electrons. The van der Waals surface area contributed by atoms with E-state index in [0.717, 1.165) is 12.8 Å². The summed E-state index contributed by atoms with van der Waals surface area (Å²) in [5.41, 5.74) is 0.761. The van der Waals surface area contributed by atoms with Crippen molar-refractivity contribution in [2.75, 3.05) is 32.1 Å². The van der Waals surface area contributed by atoms with Crippen LogP contribution in [0.15, 0.2) is 60.0 Å². The normalized spacial score (nSPS) is 14.4. The average molecular weight is 416 g/mol. The van der Waals surface area contributed by atoms with Crippen LogP contribution >= 0.6 is 0 Å². The van der Waals surface area contributed by atoms with Gasteiger partial charge in [-0.05, 0) is 43.2 Å². The largest absolute Gasteiger partial charge is 0.495 e. The van der Waals surface area contributed by atoms with E-state index < -0.39 is 15.9 Å². The Morgan fingerprint density at radius 3 is 2.66 bits per heavy atom. The zero-order chi connectivity index (χ0) is 20.9. The molecule has 2 aromatic carbocycles. The number of hydrogen-bond donors (Lipinski definition) is 1. The fraction of sp³-hybridized carbons (Fsp3) is 0.286. The zero-order valence-electron chi connectivity index (χ0n) is 16.3. The molecule has 0 atom stereocenters. The standard InChI is InChI=1S/C21H24N2O5S/c1-3-13-28-18-8-6-7-17(15-18)22-21(24)16-9-10-19(27-2)20(14-16)29(25,26)23-11-4-5-12-23/h3,6-10,14-15H,1,4-5,11-13H2,2H3,(H,22,24). The summed E-state index contributed by atoms with van der Waals surface area (Å²) in [6, 6.07) is 11.3. The first-order valence-corrected chi connectivity index (χ1v) is 10.7. The molecule has 1 aliphatic heterocycles. The molecular weight excluding hydrogens is 392 g/mol. The Hall–Kier alpha value is -2.84. The molecule has 7 nitrogen and oxygen atoms in total. The number of rotatable bonds is 8. The average Bonchev–Trinajstić information content (AvgIpc) is 3.28. The number of carbonyl (C=O) groups is 1. The Labute approximate surface area is 171 Å². The van der Waals surface area contributed by atoms with E-state index >= 15 is 0 Å². The molecule has 0 radical (unpaired) electrons. The van der Waals surface area contributed by atoms with Crippen molar-refractivity contribution in [3.05, 3.63) is 60.7 Å². The van der Waals surface area contributed by atoms with Crippen molar-refractivity contribution in [1.29, 1.82) is 0 Å². The van der Waals surface area contributed by atoms with E-state index in [1.165, 1.54) is 29.6 Å². The Morgan fingerprint density at radius 1 is 1.21 bits per heavy atom. The number of hydrogen-bond acceptors (Lipinski definition) is 5.